The number of aromatic hydroxyl groups is 2. The van der Waals surface area contributed by atoms with E-state index in [4.69, 9.17) is 10.2 Å². The first-order chi connectivity index (χ1) is 9.29. The molecule has 3 heteroatoms. The molecule has 0 unspecified atom stereocenters. The zero-order valence-corrected chi connectivity index (χ0v) is 10.5. The van der Waals surface area contributed by atoms with Crippen LogP contribution in [0, 0.1) is 0 Å². The van der Waals surface area contributed by atoms with Gasteiger partial charge in [0.2, 0.25) is 0 Å². The lowest BCUT2D eigenvalue weighted by Crippen LogP contribution is -1.56. The maximum absolute atomic E-state index is 8.63. The molecule has 98 valence electrons. The number of phenols is 2. The van der Waals surface area contributed by atoms with Gasteiger partial charge in [-0.15, -0.1) is 0 Å². The molecule has 0 bridgehead atoms. The molecule has 3 N–H and O–H groups in total. The summed E-state index contributed by atoms with van der Waals surface area (Å²) in [5, 5.41) is 17.3. The van der Waals surface area contributed by atoms with Crippen molar-refractivity contribution >= 4 is 0 Å². The van der Waals surface area contributed by atoms with Crippen molar-refractivity contribution in [1.82, 2.24) is 4.98 Å². The summed E-state index contributed by atoms with van der Waals surface area (Å²) in [6, 6.07) is 21.3. The fourth-order valence-corrected chi connectivity index (χ4v) is 1.13. The molecule has 1 heterocycles. The summed E-state index contributed by atoms with van der Waals surface area (Å²) >= 11 is 0. The van der Waals surface area contributed by atoms with Crippen LogP contribution in [0.15, 0.2) is 85.2 Å². The molecule has 1 aromatic heterocycles. The molecular formula is C16H17NO2. The maximum atomic E-state index is 8.63. The van der Waals surface area contributed by atoms with E-state index in [1.165, 1.54) is 0 Å². The van der Waals surface area contributed by atoms with Crippen molar-refractivity contribution < 1.29 is 10.2 Å². The van der Waals surface area contributed by atoms with E-state index in [9.17, 15) is 0 Å². The molecule has 0 aliphatic carbocycles. The number of aromatic amines is 1. The third kappa shape index (κ3) is 8.10. The SMILES string of the molecule is Oc1ccccc1.Oc1ccccc1.c1cc[nH]c1. The smallest absolute Gasteiger partial charge is 0.115 e. The maximum Gasteiger partial charge on any atom is 0.115 e. The van der Waals surface area contributed by atoms with E-state index in [0.717, 1.165) is 0 Å². The highest BCUT2D eigenvalue weighted by atomic mass is 16.3. The molecule has 0 amide bonds. The van der Waals surface area contributed by atoms with Crippen LogP contribution in [-0.2, 0) is 0 Å². The predicted octanol–water partition coefficient (Wildman–Crippen LogP) is 3.80. The minimum atomic E-state index is 0.322. The van der Waals surface area contributed by atoms with Gasteiger partial charge in [0.1, 0.15) is 11.5 Å². The molecule has 19 heavy (non-hydrogen) atoms. The average molecular weight is 255 g/mol. The number of H-pyrrole nitrogens is 1. The second-order valence-corrected chi connectivity index (χ2v) is 3.56. The lowest BCUT2D eigenvalue weighted by atomic mass is 10.3. The summed E-state index contributed by atoms with van der Waals surface area (Å²) in [5.41, 5.74) is 0. The van der Waals surface area contributed by atoms with Crippen molar-refractivity contribution in [3.05, 3.63) is 85.2 Å². The highest BCUT2D eigenvalue weighted by molar-refractivity contribution is 5.19. The van der Waals surface area contributed by atoms with Crippen molar-refractivity contribution in [2.75, 3.05) is 0 Å². The molecule has 0 aliphatic heterocycles. The Bertz CT molecular complexity index is 452. The predicted molar refractivity (Wildman–Crippen MR) is 77.0 cm³/mol. The number of hydrogen-bond acceptors (Lipinski definition) is 2. The van der Waals surface area contributed by atoms with Gasteiger partial charge in [0.05, 0.1) is 0 Å². The highest BCUT2D eigenvalue weighted by Crippen LogP contribution is 2.03. The van der Waals surface area contributed by atoms with Crippen LogP contribution in [0.3, 0.4) is 0 Å². The number of rotatable bonds is 0. The third-order valence-electron chi connectivity index (χ3n) is 2.01. The average Bonchev–Trinajstić information content (AvgIpc) is 3.00. The topological polar surface area (TPSA) is 56.2 Å². The van der Waals surface area contributed by atoms with Crippen LogP contribution in [0.1, 0.15) is 0 Å². The zero-order chi connectivity index (χ0) is 13.8. The monoisotopic (exact) mass is 255 g/mol. The molecule has 2 aromatic carbocycles. The van der Waals surface area contributed by atoms with Crippen molar-refractivity contribution in [3.63, 3.8) is 0 Å². The Morgan fingerprint density at radius 2 is 0.895 bits per heavy atom. The second kappa shape index (κ2) is 9.36. The first-order valence-corrected chi connectivity index (χ1v) is 5.85. The summed E-state index contributed by atoms with van der Waals surface area (Å²) in [4.78, 5) is 2.86. The fourth-order valence-electron chi connectivity index (χ4n) is 1.13. The zero-order valence-electron chi connectivity index (χ0n) is 10.5. The van der Waals surface area contributed by atoms with Crippen LogP contribution >= 0.6 is 0 Å². The molecule has 3 rings (SSSR count). The number of phenolic OH excluding ortho intramolecular Hbond substituents is 2. The van der Waals surface area contributed by atoms with Crippen LogP contribution in [0.5, 0.6) is 11.5 Å². The van der Waals surface area contributed by atoms with Gasteiger partial charge in [0, 0.05) is 12.4 Å². The summed E-state index contributed by atoms with van der Waals surface area (Å²) in [6.07, 6.45) is 3.75. The summed E-state index contributed by atoms with van der Waals surface area (Å²) in [5.74, 6) is 0.644. The van der Waals surface area contributed by atoms with Gasteiger partial charge in [-0.25, -0.2) is 0 Å². The van der Waals surface area contributed by atoms with Crippen molar-refractivity contribution in [2.45, 2.75) is 0 Å². The third-order valence-corrected chi connectivity index (χ3v) is 2.01. The van der Waals surface area contributed by atoms with Crippen molar-refractivity contribution in [3.8, 4) is 11.5 Å². The van der Waals surface area contributed by atoms with E-state index >= 15 is 0 Å². The highest BCUT2D eigenvalue weighted by Gasteiger charge is 1.75. The molecule has 0 fully saturated rings. The van der Waals surface area contributed by atoms with E-state index < -0.39 is 0 Å². The van der Waals surface area contributed by atoms with Crippen molar-refractivity contribution in [1.29, 1.82) is 0 Å². The van der Waals surface area contributed by atoms with E-state index in [0.29, 0.717) is 11.5 Å². The summed E-state index contributed by atoms with van der Waals surface area (Å²) in [6.45, 7) is 0. The van der Waals surface area contributed by atoms with Gasteiger partial charge in [-0.05, 0) is 36.4 Å². The Hall–Kier alpha value is -2.68. The van der Waals surface area contributed by atoms with E-state index in [2.05, 4.69) is 4.98 Å². The molecule has 3 aromatic rings. The molecule has 0 saturated heterocycles. The van der Waals surface area contributed by atoms with Crippen molar-refractivity contribution in [2.24, 2.45) is 0 Å². The normalized spacial score (nSPS) is 8.42. The van der Waals surface area contributed by atoms with Gasteiger partial charge >= 0.3 is 0 Å². The minimum absolute atomic E-state index is 0.322. The molecular weight excluding hydrogens is 238 g/mol. The number of aromatic nitrogens is 1. The summed E-state index contributed by atoms with van der Waals surface area (Å²) < 4.78 is 0. The Morgan fingerprint density at radius 3 is 1.05 bits per heavy atom. The van der Waals surface area contributed by atoms with Gasteiger partial charge in [-0.1, -0.05) is 36.4 Å². The molecule has 0 aliphatic rings. The van der Waals surface area contributed by atoms with Crippen LogP contribution in [0.25, 0.3) is 0 Å². The van der Waals surface area contributed by atoms with E-state index in [1.807, 2.05) is 36.7 Å². The van der Waals surface area contributed by atoms with Gasteiger partial charge in [-0.3, -0.25) is 0 Å². The Morgan fingerprint density at radius 1 is 0.526 bits per heavy atom. The number of para-hydroxylation sites is 2. The van der Waals surface area contributed by atoms with Gasteiger partial charge in [0.15, 0.2) is 0 Å². The summed E-state index contributed by atoms with van der Waals surface area (Å²) in [7, 11) is 0. The lowest BCUT2D eigenvalue weighted by molar-refractivity contribution is 0.475. The quantitative estimate of drug-likeness (QED) is 0.572. The molecule has 0 saturated carbocycles. The van der Waals surface area contributed by atoms with Gasteiger partial charge in [0.25, 0.3) is 0 Å². The molecule has 3 nitrogen and oxygen atoms in total. The molecule has 0 radical (unpaired) electrons. The van der Waals surface area contributed by atoms with E-state index in [-0.39, 0.29) is 0 Å². The standard InChI is InChI=1S/2C6H6O.C4H5N/c2*7-6-4-2-1-3-5-6;1-2-4-5-3-1/h2*1-5,7H;1-5H. The number of nitrogens with one attached hydrogen (secondary N) is 1. The van der Waals surface area contributed by atoms with Crippen LogP contribution in [0.2, 0.25) is 0 Å². The molecule has 0 atom stereocenters. The number of benzene rings is 2. The minimum Gasteiger partial charge on any atom is -0.508 e. The van der Waals surface area contributed by atoms with Crippen LogP contribution in [-0.4, -0.2) is 15.2 Å². The van der Waals surface area contributed by atoms with Gasteiger partial charge < -0.3 is 15.2 Å². The van der Waals surface area contributed by atoms with Crippen LogP contribution in [0.4, 0.5) is 0 Å². The molecule has 0 spiro atoms. The van der Waals surface area contributed by atoms with Crippen LogP contribution < -0.4 is 0 Å². The first-order valence-electron chi connectivity index (χ1n) is 5.85. The Labute approximate surface area is 112 Å². The number of hydrogen-bond donors (Lipinski definition) is 3. The second-order valence-electron chi connectivity index (χ2n) is 3.56. The lowest BCUT2D eigenvalue weighted by Gasteiger charge is -1.82. The Balaban J connectivity index is 0.000000145. The fraction of sp³-hybridized carbons (Fsp3) is 0. The van der Waals surface area contributed by atoms with E-state index in [1.54, 1.807) is 48.5 Å². The largest absolute Gasteiger partial charge is 0.508 e. The van der Waals surface area contributed by atoms with Gasteiger partial charge in [-0.2, -0.15) is 0 Å². The Kier molecular flexibility index (Phi) is 7.08. The first kappa shape index (κ1) is 14.4.